The third-order valence-corrected chi connectivity index (χ3v) is 3.28. The summed E-state index contributed by atoms with van der Waals surface area (Å²) >= 11 is 0. The van der Waals surface area contributed by atoms with Gasteiger partial charge in [-0.15, -0.1) is 0 Å². The summed E-state index contributed by atoms with van der Waals surface area (Å²) in [6, 6.07) is 0. The number of hydrogen-bond donors (Lipinski definition) is 3. The monoisotopic (exact) mass is 218 g/mol. The molecule has 0 saturated carbocycles. The zero-order valence-electron chi connectivity index (χ0n) is 10.2. The Morgan fingerprint density at radius 3 is 2.13 bits per heavy atom. The summed E-state index contributed by atoms with van der Waals surface area (Å²) in [4.78, 5) is 0. The first-order chi connectivity index (χ1) is 7.04. The second-order valence-corrected chi connectivity index (χ2v) is 4.52. The third kappa shape index (κ3) is 5.50. The second kappa shape index (κ2) is 8.08. The fraction of sp³-hybridized carbons (Fsp3) is 1.00. The lowest BCUT2D eigenvalue weighted by Gasteiger charge is -2.28. The third-order valence-electron chi connectivity index (χ3n) is 3.28. The highest BCUT2D eigenvalue weighted by molar-refractivity contribution is 4.75. The number of unbranched alkanes of at least 4 members (excludes halogenated alkanes) is 1. The number of aliphatic hydroxyl groups excluding tert-OH is 3. The second-order valence-electron chi connectivity index (χ2n) is 4.52. The van der Waals surface area contributed by atoms with Gasteiger partial charge in [-0.1, -0.05) is 27.2 Å². The normalized spacial score (nSPS) is 19.6. The highest BCUT2D eigenvalue weighted by Gasteiger charge is 2.25. The SMILES string of the molecule is CC[C@@H](C)[C@@H](O)[C@H](C)[C@@H](O)CCCCO. The quantitative estimate of drug-likeness (QED) is 0.542. The van der Waals surface area contributed by atoms with Gasteiger partial charge in [-0.3, -0.25) is 0 Å². The van der Waals surface area contributed by atoms with E-state index in [4.69, 9.17) is 5.11 Å². The summed E-state index contributed by atoms with van der Waals surface area (Å²) < 4.78 is 0. The van der Waals surface area contributed by atoms with E-state index in [9.17, 15) is 10.2 Å². The van der Waals surface area contributed by atoms with Gasteiger partial charge in [0.2, 0.25) is 0 Å². The van der Waals surface area contributed by atoms with E-state index in [-0.39, 0.29) is 18.4 Å². The van der Waals surface area contributed by atoms with Crippen LogP contribution in [-0.2, 0) is 0 Å². The van der Waals surface area contributed by atoms with Crippen LogP contribution in [-0.4, -0.2) is 34.1 Å². The number of hydrogen-bond acceptors (Lipinski definition) is 3. The molecule has 15 heavy (non-hydrogen) atoms. The number of rotatable bonds is 8. The molecule has 0 aromatic carbocycles. The van der Waals surface area contributed by atoms with Crippen molar-refractivity contribution < 1.29 is 15.3 Å². The maximum Gasteiger partial charge on any atom is 0.0615 e. The van der Waals surface area contributed by atoms with Gasteiger partial charge in [0.1, 0.15) is 0 Å². The summed E-state index contributed by atoms with van der Waals surface area (Å²) in [6.07, 6.45) is 2.24. The molecule has 0 heterocycles. The standard InChI is InChI=1S/C12H26O3/c1-4-9(2)12(15)10(3)11(14)7-5-6-8-13/h9-15H,4-8H2,1-3H3/t9-,10-,11+,12-/m1/s1. The largest absolute Gasteiger partial charge is 0.396 e. The average molecular weight is 218 g/mol. The predicted molar refractivity (Wildman–Crippen MR) is 61.6 cm³/mol. The van der Waals surface area contributed by atoms with Gasteiger partial charge in [0.25, 0.3) is 0 Å². The Morgan fingerprint density at radius 1 is 1.07 bits per heavy atom. The molecule has 0 saturated heterocycles. The zero-order valence-corrected chi connectivity index (χ0v) is 10.2. The maximum absolute atomic E-state index is 9.90. The first-order valence-corrected chi connectivity index (χ1v) is 6.01. The highest BCUT2D eigenvalue weighted by atomic mass is 16.3. The Balaban J connectivity index is 3.90. The Bertz CT molecular complexity index is 150. The van der Waals surface area contributed by atoms with Crippen molar-refractivity contribution in [1.29, 1.82) is 0 Å². The summed E-state index contributed by atoms with van der Waals surface area (Å²) in [5, 5.41) is 28.3. The van der Waals surface area contributed by atoms with E-state index in [0.717, 1.165) is 19.3 Å². The van der Waals surface area contributed by atoms with Crippen LogP contribution in [0.25, 0.3) is 0 Å². The van der Waals surface area contributed by atoms with Crippen LogP contribution in [0.3, 0.4) is 0 Å². The van der Waals surface area contributed by atoms with E-state index >= 15 is 0 Å². The Kier molecular flexibility index (Phi) is 8.02. The van der Waals surface area contributed by atoms with Gasteiger partial charge in [0.15, 0.2) is 0 Å². The molecule has 0 radical (unpaired) electrons. The smallest absolute Gasteiger partial charge is 0.0615 e. The van der Waals surface area contributed by atoms with Crippen molar-refractivity contribution in [3.8, 4) is 0 Å². The molecule has 0 unspecified atom stereocenters. The minimum Gasteiger partial charge on any atom is -0.396 e. The predicted octanol–water partition coefficient (Wildman–Crippen LogP) is 1.55. The first kappa shape index (κ1) is 14.9. The van der Waals surface area contributed by atoms with E-state index in [1.165, 1.54) is 0 Å². The molecular weight excluding hydrogens is 192 g/mol. The van der Waals surface area contributed by atoms with Gasteiger partial charge in [-0.25, -0.2) is 0 Å². The Morgan fingerprint density at radius 2 is 1.67 bits per heavy atom. The molecule has 0 aromatic rings. The summed E-state index contributed by atoms with van der Waals surface area (Å²) in [6.45, 7) is 6.11. The molecule has 0 spiro atoms. The molecule has 0 aliphatic rings. The summed E-state index contributed by atoms with van der Waals surface area (Å²) in [5.74, 6) is 0.145. The molecule has 4 atom stereocenters. The van der Waals surface area contributed by atoms with Crippen molar-refractivity contribution in [1.82, 2.24) is 0 Å². The Hall–Kier alpha value is -0.120. The van der Waals surface area contributed by atoms with Gasteiger partial charge in [0, 0.05) is 12.5 Å². The fourth-order valence-electron chi connectivity index (χ4n) is 1.72. The minimum atomic E-state index is -0.458. The van der Waals surface area contributed by atoms with Crippen LogP contribution in [0.15, 0.2) is 0 Å². The van der Waals surface area contributed by atoms with Crippen LogP contribution in [0.5, 0.6) is 0 Å². The summed E-state index contributed by atoms with van der Waals surface area (Å²) in [7, 11) is 0. The lowest BCUT2D eigenvalue weighted by molar-refractivity contribution is -0.0111. The van der Waals surface area contributed by atoms with Gasteiger partial charge in [-0.05, 0) is 25.2 Å². The molecule has 0 fully saturated rings. The van der Waals surface area contributed by atoms with Crippen LogP contribution in [0, 0.1) is 11.8 Å². The minimum absolute atomic E-state index is 0.0846. The zero-order chi connectivity index (χ0) is 11.8. The molecule has 0 rings (SSSR count). The van der Waals surface area contributed by atoms with Gasteiger partial charge >= 0.3 is 0 Å². The van der Waals surface area contributed by atoms with E-state index in [0.29, 0.717) is 6.42 Å². The van der Waals surface area contributed by atoms with Crippen molar-refractivity contribution in [2.24, 2.45) is 11.8 Å². The lowest BCUT2D eigenvalue weighted by atomic mass is 9.86. The van der Waals surface area contributed by atoms with Crippen LogP contribution in [0.4, 0.5) is 0 Å². The van der Waals surface area contributed by atoms with E-state index < -0.39 is 12.2 Å². The van der Waals surface area contributed by atoms with E-state index in [2.05, 4.69) is 0 Å². The fourth-order valence-corrected chi connectivity index (χ4v) is 1.72. The van der Waals surface area contributed by atoms with Crippen LogP contribution >= 0.6 is 0 Å². The van der Waals surface area contributed by atoms with Gasteiger partial charge in [-0.2, -0.15) is 0 Å². The van der Waals surface area contributed by atoms with Crippen molar-refractivity contribution in [2.75, 3.05) is 6.61 Å². The highest BCUT2D eigenvalue weighted by Crippen LogP contribution is 2.21. The van der Waals surface area contributed by atoms with E-state index in [1.54, 1.807) is 0 Å². The van der Waals surface area contributed by atoms with Crippen molar-refractivity contribution in [2.45, 2.75) is 58.7 Å². The molecule has 0 amide bonds. The van der Waals surface area contributed by atoms with Crippen molar-refractivity contribution >= 4 is 0 Å². The van der Waals surface area contributed by atoms with Gasteiger partial charge < -0.3 is 15.3 Å². The van der Waals surface area contributed by atoms with Crippen LogP contribution in [0.2, 0.25) is 0 Å². The molecule has 3 heteroatoms. The molecular formula is C12H26O3. The number of aliphatic hydroxyl groups is 3. The lowest BCUT2D eigenvalue weighted by Crippen LogP contribution is -2.33. The average Bonchev–Trinajstić information content (AvgIpc) is 2.26. The van der Waals surface area contributed by atoms with Crippen LogP contribution in [0.1, 0.15) is 46.5 Å². The molecule has 0 aliphatic carbocycles. The van der Waals surface area contributed by atoms with Gasteiger partial charge in [0.05, 0.1) is 12.2 Å². The van der Waals surface area contributed by atoms with Crippen molar-refractivity contribution in [3.05, 3.63) is 0 Å². The molecule has 0 aromatic heterocycles. The van der Waals surface area contributed by atoms with Crippen LogP contribution < -0.4 is 0 Å². The summed E-state index contributed by atoms with van der Waals surface area (Å²) in [5.41, 5.74) is 0. The molecule has 0 bridgehead atoms. The van der Waals surface area contributed by atoms with Crippen molar-refractivity contribution in [3.63, 3.8) is 0 Å². The van der Waals surface area contributed by atoms with E-state index in [1.807, 2.05) is 20.8 Å². The molecule has 92 valence electrons. The molecule has 0 aliphatic heterocycles. The maximum atomic E-state index is 9.90. The topological polar surface area (TPSA) is 60.7 Å². The molecule has 3 N–H and O–H groups in total. The first-order valence-electron chi connectivity index (χ1n) is 6.01. The molecule has 3 nitrogen and oxygen atoms in total. The Labute approximate surface area is 93.1 Å².